The van der Waals surface area contributed by atoms with Crippen LogP contribution in [0.15, 0.2) is 16.8 Å². The van der Waals surface area contributed by atoms with Gasteiger partial charge in [-0.25, -0.2) is 9.97 Å². The number of nitrogens with zero attached hydrogens (tertiary/aromatic N) is 2. The highest BCUT2D eigenvalue weighted by atomic mass is 32.1. The van der Waals surface area contributed by atoms with Crippen molar-refractivity contribution in [2.24, 2.45) is 0 Å². The van der Waals surface area contributed by atoms with Crippen molar-refractivity contribution in [3.63, 3.8) is 0 Å². The summed E-state index contributed by atoms with van der Waals surface area (Å²) >= 11 is 1.72. The SMILES string of the molecule is CNc1cc(NCc2cscc2C)nc(COC)n1. The molecule has 0 radical (unpaired) electrons. The molecule has 0 aliphatic rings. The van der Waals surface area contributed by atoms with Gasteiger partial charge in [-0.1, -0.05) is 0 Å². The summed E-state index contributed by atoms with van der Waals surface area (Å²) in [5, 5.41) is 10.6. The lowest BCUT2D eigenvalue weighted by atomic mass is 10.2. The van der Waals surface area contributed by atoms with E-state index in [0.29, 0.717) is 12.4 Å². The Hall–Kier alpha value is -1.66. The van der Waals surface area contributed by atoms with Crippen molar-refractivity contribution >= 4 is 23.0 Å². The quantitative estimate of drug-likeness (QED) is 0.850. The Morgan fingerprint density at radius 3 is 2.68 bits per heavy atom. The van der Waals surface area contributed by atoms with E-state index in [9.17, 15) is 0 Å². The van der Waals surface area contributed by atoms with Crippen LogP contribution in [0.25, 0.3) is 0 Å². The van der Waals surface area contributed by atoms with Crippen LogP contribution in [0.5, 0.6) is 0 Å². The highest BCUT2D eigenvalue weighted by Crippen LogP contribution is 2.17. The molecule has 0 saturated heterocycles. The van der Waals surface area contributed by atoms with Gasteiger partial charge < -0.3 is 15.4 Å². The molecule has 6 heteroatoms. The Morgan fingerprint density at radius 1 is 1.26 bits per heavy atom. The minimum absolute atomic E-state index is 0.404. The number of thiophene rings is 1. The van der Waals surface area contributed by atoms with Crippen LogP contribution in [-0.4, -0.2) is 24.1 Å². The lowest BCUT2D eigenvalue weighted by Gasteiger charge is -2.09. The first-order valence-corrected chi connectivity index (χ1v) is 6.97. The number of hydrogen-bond acceptors (Lipinski definition) is 6. The third kappa shape index (κ3) is 3.65. The van der Waals surface area contributed by atoms with E-state index in [1.165, 1.54) is 11.1 Å². The maximum Gasteiger partial charge on any atom is 0.158 e. The number of nitrogens with one attached hydrogen (secondary N) is 2. The van der Waals surface area contributed by atoms with Crippen LogP contribution in [0.4, 0.5) is 11.6 Å². The molecule has 0 aromatic carbocycles. The number of aryl methyl sites for hydroxylation is 1. The van der Waals surface area contributed by atoms with Crippen LogP contribution in [-0.2, 0) is 17.9 Å². The molecular formula is C13H18N4OS. The van der Waals surface area contributed by atoms with E-state index in [1.807, 2.05) is 13.1 Å². The van der Waals surface area contributed by atoms with E-state index in [0.717, 1.165) is 18.2 Å². The molecule has 0 bridgehead atoms. The number of aromatic nitrogens is 2. The average molecular weight is 278 g/mol. The summed E-state index contributed by atoms with van der Waals surface area (Å²) in [6.45, 7) is 3.28. The predicted molar refractivity (Wildman–Crippen MR) is 78.7 cm³/mol. The zero-order valence-electron chi connectivity index (χ0n) is 11.4. The topological polar surface area (TPSA) is 59.1 Å². The van der Waals surface area contributed by atoms with Crippen LogP contribution >= 0.6 is 11.3 Å². The van der Waals surface area contributed by atoms with Gasteiger partial charge in [0, 0.05) is 26.8 Å². The molecule has 0 unspecified atom stereocenters. The smallest absolute Gasteiger partial charge is 0.158 e. The van der Waals surface area contributed by atoms with Crippen LogP contribution in [0.2, 0.25) is 0 Å². The summed E-state index contributed by atoms with van der Waals surface area (Å²) in [6.07, 6.45) is 0. The third-order valence-electron chi connectivity index (χ3n) is 2.72. The van der Waals surface area contributed by atoms with Crippen molar-refractivity contribution < 1.29 is 4.74 Å². The molecule has 2 heterocycles. The first-order chi connectivity index (χ1) is 9.22. The molecule has 102 valence electrons. The summed E-state index contributed by atoms with van der Waals surface area (Å²) in [4.78, 5) is 8.74. The average Bonchev–Trinajstić information content (AvgIpc) is 2.82. The monoisotopic (exact) mass is 278 g/mol. The maximum atomic E-state index is 5.07. The standard InChI is InChI=1S/C13H18N4OS/c1-9-7-19-8-10(9)5-15-12-4-11(14-2)16-13(17-12)6-18-3/h4,7-8H,5-6H2,1-3H3,(H2,14,15,16,17). The lowest BCUT2D eigenvalue weighted by Crippen LogP contribution is -2.07. The number of rotatable bonds is 6. The minimum Gasteiger partial charge on any atom is -0.377 e. The maximum absolute atomic E-state index is 5.07. The van der Waals surface area contributed by atoms with Crippen molar-refractivity contribution in [2.45, 2.75) is 20.1 Å². The van der Waals surface area contributed by atoms with E-state index in [4.69, 9.17) is 4.74 Å². The van der Waals surface area contributed by atoms with Crippen LogP contribution in [0, 0.1) is 6.92 Å². The molecule has 0 spiro atoms. The Morgan fingerprint density at radius 2 is 2.05 bits per heavy atom. The summed E-state index contributed by atoms with van der Waals surface area (Å²) in [7, 11) is 3.48. The zero-order valence-corrected chi connectivity index (χ0v) is 12.2. The predicted octanol–water partition coefficient (Wildman–Crippen LogP) is 2.65. The summed E-state index contributed by atoms with van der Waals surface area (Å²) < 4.78 is 5.07. The molecule has 2 rings (SSSR count). The third-order valence-corrected chi connectivity index (χ3v) is 3.63. The van der Waals surface area contributed by atoms with Crippen molar-refractivity contribution in [1.82, 2.24) is 9.97 Å². The molecule has 19 heavy (non-hydrogen) atoms. The molecule has 0 atom stereocenters. The van der Waals surface area contributed by atoms with E-state index in [-0.39, 0.29) is 0 Å². The van der Waals surface area contributed by atoms with E-state index in [1.54, 1.807) is 18.4 Å². The first-order valence-electron chi connectivity index (χ1n) is 6.03. The summed E-state index contributed by atoms with van der Waals surface area (Å²) in [5.41, 5.74) is 2.60. The molecule has 2 N–H and O–H groups in total. The number of ether oxygens (including phenoxy) is 1. The second kappa shape index (κ2) is 6.49. The van der Waals surface area contributed by atoms with Gasteiger partial charge in [-0.15, -0.1) is 0 Å². The van der Waals surface area contributed by atoms with Gasteiger partial charge in [0.2, 0.25) is 0 Å². The minimum atomic E-state index is 0.404. The normalized spacial score (nSPS) is 10.5. The zero-order chi connectivity index (χ0) is 13.7. The molecule has 0 amide bonds. The number of methoxy groups -OCH3 is 1. The van der Waals surface area contributed by atoms with Crippen molar-refractivity contribution in [3.8, 4) is 0 Å². The summed E-state index contributed by atoms with van der Waals surface area (Å²) in [6, 6.07) is 1.89. The largest absolute Gasteiger partial charge is 0.377 e. The molecule has 0 fully saturated rings. The van der Waals surface area contributed by atoms with Crippen molar-refractivity contribution in [1.29, 1.82) is 0 Å². The molecule has 2 aromatic rings. The van der Waals surface area contributed by atoms with Crippen molar-refractivity contribution in [3.05, 3.63) is 33.8 Å². The fraction of sp³-hybridized carbons (Fsp3) is 0.385. The molecule has 5 nitrogen and oxygen atoms in total. The van der Waals surface area contributed by atoms with E-state index >= 15 is 0 Å². The first kappa shape index (κ1) is 13.8. The highest BCUT2D eigenvalue weighted by molar-refractivity contribution is 7.08. The second-order valence-electron chi connectivity index (χ2n) is 4.17. The highest BCUT2D eigenvalue weighted by Gasteiger charge is 2.05. The Labute approximate surface area is 117 Å². The van der Waals surface area contributed by atoms with Crippen LogP contribution in [0.3, 0.4) is 0 Å². The van der Waals surface area contributed by atoms with Gasteiger partial charge in [0.05, 0.1) is 0 Å². The number of hydrogen-bond donors (Lipinski definition) is 2. The van der Waals surface area contributed by atoms with E-state index < -0.39 is 0 Å². The van der Waals surface area contributed by atoms with Gasteiger partial charge in [0.1, 0.15) is 18.2 Å². The molecule has 0 aliphatic heterocycles. The summed E-state index contributed by atoms with van der Waals surface area (Å²) in [5.74, 6) is 2.25. The van der Waals surface area contributed by atoms with Crippen LogP contribution in [0.1, 0.15) is 17.0 Å². The Kier molecular flexibility index (Phi) is 4.70. The Balaban J connectivity index is 2.10. The fourth-order valence-corrected chi connectivity index (χ4v) is 2.52. The van der Waals surface area contributed by atoms with Crippen LogP contribution < -0.4 is 10.6 Å². The van der Waals surface area contributed by atoms with Gasteiger partial charge in [-0.2, -0.15) is 11.3 Å². The molecular weight excluding hydrogens is 260 g/mol. The number of anilines is 2. The van der Waals surface area contributed by atoms with Gasteiger partial charge in [-0.05, 0) is 28.8 Å². The second-order valence-corrected chi connectivity index (χ2v) is 4.91. The molecule has 2 aromatic heterocycles. The fourth-order valence-electron chi connectivity index (χ4n) is 1.66. The van der Waals surface area contributed by atoms with Gasteiger partial charge in [0.15, 0.2) is 5.82 Å². The van der Waals surface area contributed by atoms with Gasteiger partial charge >= 0.3 is 0 Å². The van der Waals surface area contributed by atoms with Gasteiger partial charge in [0.25, 0.3) is 0 Å². The van der Waals surface area contributed by atoms with Gasteiger partial charge in [-0.3, -0.25) is 0 Å². The Bertz CT molecular complexity index is 541. The lowest BCUT2D eigenvalue weighted by molar-refractivity contribution is 0.178. The molecule has 0 saturated carbocycles. The molecule has 0 aliphatic carbocycles. The van der Waals surface area contributed by atoms with Crippen molar-refractivity contribution in [2.75, 3.05) is 24.8 Å². The van der Waals surface area contributed by atoms with E-state index in [2.05, 4.69) is 38.3 Å².